The Morgan fingerprint density at radius 3 is 2.19 bits per heavy atom. The summed E-state index contributed by atoms with van der Waals surface area (Å²) in [7, 11) is 0. The van der Waals surface area contributed by atoms with Gasteiger partial charge in [0.15, 0.2) is 0 Å². The molecule has 0 bridgehead atoms. The highest BCUT2D eigenvalue weighted by Crippen LogP contribution is 2.22. The lowest BCUT2D eigenvalue weighted by molar-refractivity contribution is 0.0646. The second-order valence-electron chi connectivity index (χ2n) is 7.28. The van der Waals surface area contributed by atoms with Crippen molar-refractivity contribution in [2.24, 2.45) is 0 Å². The summed E-state index contributed by atoms with van der Waals surface area (Å²) in [5, 5.41) is 0. The third-order valence-corrected chi connectivity index (χ3v) is 5.05. The number of carbonyl (C=O) groups is 2. The summed E-state index contributed by atoms with van der Waals surface area (Å²) in [4.78, 5) is 28.8. The van der Waals surface area contributed by atoms with Crippen molar-refractivity contribution in [2.75, 3.05) is 19.6 Å². The highest BCUT2D eigenvalue weighted by molar-refractivity contribution is 6.21. The summed E-state index contributed by atoms with van der Waals surface area (Å²) >= 11 is 0. The minimum Gasteiger partial charge on any atom is -0.299 e. The normalized spacial score (nSPS) is 13.5. The number of carbonyl (C=O) groups excluding carboxylic acids is 2. The molecule has 0 aliphatic carbocycles. The SMILES string of the molecule is CCCCN(CCCN1C(=O)c2ccccc2C1=O)Cc1cccc(C)c1. The number of fused-ring (bicyclic) bond motifs is 1. The van der Waals surface area contributed by atoms with Gasteiger partial charge in [-0.2, -0.15) is 0 Å². The molecule has 0 atom stereocenters. The van der Waals surface area contributed by atoms with Crippen LogP contribution in [-0.2, 0) is 6.54 Å². The zero-order valence-corrected chi connectivity index (χ0v) is 16.3. The quantitative estimate of drug-likeness (QED) is 0.624. The monoisotopic (exact) mass is 364 g/mol. The molecule has 1 aliphatic rings. The van der Waals surface area contributed by atoms with E-state index in [-0.39, 0.29) is 11.8 Å². The summed E-state index contributed by atoms with van der Waals surface area (Å²) < 4.78 is 0. The van der Waals surface area contributed by atoms with Gasteiger partial charge in [-0.1, -0.05) is 55.3 Å². The molecule has 142 valence electrons. The fraction of sp³-hybridized carbons (Fsp3) is 0.391. The van der Waals surface area contributed by atoms with Crippen molar-refractivity contribution >= 4 is 11.8 Å². The molecule has 4 heteroatoms. The van der Waals surface area contributed by atoms with Crippen LogP contribution < -0.4 is 0 Å². The lowest BCUT2D eigenvalue weighted by atomic mass is 10.1. The van der Waals surface area contributed by atoms with E-state index < -0.39 is 0 Å². The fourth-order valence-corrected chi connectivity index (χ4v) is 3.61. The third-order valence-electron chi connectivity index (χ3n) is 5.05. The van der Waals surface area contributed by atoms with Crippen molar-refractivity contribution in [3.8, 4) is 0 Å². The van der Waals surface area contributed by atoms with Crippen LogP contribution in [0.15, 0.2) is 48.5 Å². The first-order valence-corrected chi connectivity index (χ1v) is 9.83. The van der Waals surface area contributed by atoms with Gasteiger partial charge in [-0.05, 0) is 44.0 Å². The molecule has 0 unspecified atom stereocenters. The molecule has 1 heterocycles. The van der Waals surface area contributed by atoms with Gasteiger partial charge < -0.3 is 0 Å². The number of amides is 2. The van der Waals surface area contributed by atoms with E-state index in [9.17, 15) is 9.59 Å². The molecule has 2 aromatic rings. The Hall–Kier alpha value is -2.46. The second-order valence-corrected chi connectivity index (χ2v) is 7.28. The summed E-state index contributed by atoms with van der Waals surface area (Å²) in [5.41, 5.74) is 3.65. The summed E-state index contributed by atoms with van der Waals surface area (Å²) in [6, 6.07) is 15.7. The van der Waals surface area contributed by atoms with Gasteiger partial charge in [0.1, 0.15) is 0 Å². The number of aryl methyl sites for hydroxylation is 1. The van der Waals surface area contributed by atoms with Crippen LogP contribution in [0.1, 0.15) is 58.0 Å². The molecule has 2 aromatic carbocycles. The van der Waals surface area contributed by atoms with Crippen LogP contribution in [0.4, 0.5) is 0 Å². The zero-order chi connectivity index (χ0) is 19.2. The van der Waals surface area contributed by atoms with Gasteiger partial charge in [0, 0.05) is 19.6 Å². The smallest absolute Gasteiger partial charge is 0.261 e. The molecule has 1 aliphatic heterocycles. The zero-order valence-electron chi connectivity index (χ0n) is 16.3. The van der Waals surface area contributed by atoms with Crippen LogP contribution in [0, 0.1) is 6.92 Å². The molecular formula is C23H28N2O2. The van der Waals surface area contributed by atoms with Crippen LogP contribution in [0.5, 0.6) is 0 Å². The predicted octanol–water partition coefficient (Wildman–Crippen LogP) is 4.28. The van der Waals surface area contributed by atoms with Crippen LogP contribution in [-0.4, -0.2) is 41.2 Å². The maximum absolute atomic E-state index is 12.5. The van der Waals surface area contributed by atoms with E-state index in [4.69, 9.17) is 0 Å². The average Bonchev–Trinajstić information content (AvgIpc) is 2.91. The number of rotatable bonds is 9. The Kier molecular flexibility index (Phi) is 6.40. The Morgan fingerprint density at radius 1 is 0.889 bits per heavy atom. The van der Waals surface area contributed by atoms with Crippen LogP contribution in [0.25, 0.3) is 0 Å². The molecule has 0 spiro atoms. The molecule has 2 amide bonds. The first-order chi connectivity index (χ1) is 13.1. The minimum atomic E-state index is -0.158. The first kappa shape index (κ1) is 19.3. The summed E-state index contributed by atoms with van der Waals surface area (Å²) in [6.07, 6.45) is 3.10. The topological polar surface area (TPSA) is 40.6 Å². The number of hydrogen-bond donors (Lipinski definition) is 0. The van der Waals surface area contributed by atoms with E-state index >= 15 is 0 Å². The van der Waals surface area contributed by atoms with Gasteiger partial charge in [-0.3, -0.25) is 19.4 Å². The summed E-state index contributed by atoms with van der Waals surface area (Å²) in [6.45, 7) is 7.60. The average molecular weight is 364 g/mol. The molecule has 0 radical (unpaired) electrons. The highest BCUT2D eigenvalue weighted by Gasteiger charge is 2.34. The van der Waals surface area contributed by atoms with E-state index in [1.165, 1.54) is 16.0 Å². The number of hydrogen-bond acceptors (Lipinski definition) is 3. The van der Waals surface area contributed by atoms with Gasteiger partial charge >= 0.3 is 0 Å². The molecule has 0 saturated heterocycles. The lowest BCUT2D eigenvalue weighted by Crippen LogP contribution is -2.34. The Labute approximate surface area is 161 Å². The largest absolute Gasteiger partial charge is 0.299 e. The lowest BCUT2D eigenvalue weighted by Gasteiger charge is -2.23. The number of nitrogens with zero attached hydrogens (tertiary/aromatic N) is 2. The molecule has 0 fully saturated rings. The standard InChI is InChI=1S/C23H28N2O2/c1-3-4-13-24(17-19-10-7-9-18(2)16-19)14-8-15-25-22(26)20-11-5-6-12-21(20)23(25)27/h5-7,9-12,16H,3-4,8,13-15,17H2,1-2H3. The van der Waals surface area contributed by atoms with Gasteiger partial charge in [-0.25, -0.2) is 0 Å². The van der Waals surface area contributed by atoms with Crippen molar-refractivity contribution < 1.29 is 9.59 Å². The van der Waals surface area contributed by atoms with E-state index in [0.717, 1.165) is 38.9 Å². The number of imide groups is 1. The highest BCUT2D eigenvalue weighted by atomic mass is 16.2. The summed E-state index contributed by atoms with van der Waals surface area (Å²) in [5.74, 6) is -0.316. The Bertz CT molecular complexity index is 781. The van der Waals surface area contributed by atoms with Crippen molar-refractivity contribution in [2.45, 2.75) is 39.7 Å². The van der Waals surface area contributed by atoms with E-state index in [1.807, 2.05) is 12.1 Å². The first-order valence-electron chi connectivity index (χ1n) is 9.83. The molecule has 3 rings (SSSR count). The molecule has 0 aromatic heterocycles. The Balaban J connectivity index is 1.58. The molecule has 4 nitrogen and oxygen atoms in total. The van der Waals surface area contributed by atoms with Crippen molar-refractivity contribution in [1.29, 1.82) is 0 Å². The Morgan fingerprint density at radius 2 is 1.56 bits per heavy atom. The van der Waals surface area contributed by atoms with Crippen LogP contribution in [0.3, 0.4) is 0 Å². The van der Waals surface area contributed by atoms with Crippen molar-refractivity contribution in [3.63, 3.8) is 0 Å². The second kappa shape index (κ2) is 8.96. The van der Waals surface area contributed by atoms with Crippen LogP contribution in [0.2, 0.25) is 0 Å². The van der Waals surface area contributed by atoms with Gasteiger partial charge in [0.2, 0.25) is 0 Å². The molecule has 0 saturated carbocycles. The van der Waals surface area contributed by atoms with E-state index in [2.05, 4.69) is 43.0 Å². The van der Waals surface area contributed by atoms with Crippen LogP contribution >= 0.6 is 0 Å². The maximum atomic E-state index is 12.5. The minimum absolute atomic E-state index is 0.158. The molecular weight excluding hydrogens is 336 g/mol. The maximum Gasteiger partial charge on any atom is 0.261 e. The van der Waals surface area contributed by atoms with E-state index in [0.29, 0.717) is 17.7 Å². The molecule has 27 heavy (non-hydrogen) atoms. The molecule has 0 N–H and O–H groups in total. The predicted molar refractivity (Wildman–Crippen MR) is 108 cm³/mol. The van der Waals surface area contributed by atoms with Crippen molar-refractivity contribution in [3.05, 3.63) is 70.8 Å². The number of unbranched alkanes of at least 4 members (excludes halogenated alkanes) is 1. The third kappa shape index (κ3) is 4.64. The van der Waals surface area contributed by atoms with Crippen molar-refractivity contribution in [1.82, 2.24) is 9.80 Å². The van der Waals surface area contributed by atoms with Gasteiger partial charge in [0.25, 0.3) is 11.8 Å². The number of benzene rings is 2. The van der Waals surface area contributed by atoms with E-state index in [1.54, 1.807) is 12.1 Å². The fourth-order valence-electron chi connectivity index (χ4n) is 3.61. The van der Waals surface area contributed by atoms with Gasteiger partial charge in [0.05, 0.1) is 11.1 Å². The van der Waals surface area contributed by atoms with Gasteiger partial charge in [-0.15, -0.1) is 0 Å².